The van der Waals surface area contributed by atoms with E-state index in [1.54, 1.807) is 0 Å². The van der Waals surface area contributed by atoms with E-state index in [0.29, 0.717) is 17.4 Å². The fourth-order valence-corrected chi connectivity index (χ4v) is 8.20. The Hall–Kier alpha value is -1.25. The highest BCUT2D eigenvalue weighted by Gasteiger charge is 2.21. The Morgan fingerprint density at radius 3 is 1.23 bits per heavy atom. The molecular weight excluding hydrogens is 786 g/mol. The minimum Gasteiger partial charge on any atom is -0.756 e. The van der Waals surface area contributed by atoms with Gasteiger partial charge in [0.15, 0.2) is 6.10 Å². The van der Waals surface area contributed by atoms with Gasteiger partial charge in [0.25, 0.3) is 7.82 Å². The Morgan fingerprint density at radius 1 is 0.492 bits per heavy atom. The summed E-state index contributed by atoms with van der Waals surface area (Å²) in [4.78, 5) is 37.7. The number of carbonyl (C=O) groups is 2. The number of nitrogens with zero attached hydrogens (tertiary/aromatic N) is 1. The number of allylic oxidation sites excluding steroid dienone is 2. The SMILES string of the molecule is CCCCCC/C=C/CCCCCCCCCCCC(=O)OC[C@H](COP(=O)([O-])OCC[N+](C)(C)C)OC(=O)CCCCCCCCCCCCCCCCCCCCCC. The second-order valence-electron chi connectivity index (χ2n) is 18.9. The van der Waals surface area contributed by atoms with Crippen molar-refractivity contribution >= 4 is 19.8 Å². The van der Waals surface area contributed by atoms with Gasteiger partial charge in [-0.25, -0.2) is 0 Å². The quantitative estimate of drug-likeness (QED) is 0.0195. The van der Waals surface area contributed by atoms with Crippen LogP contribution < -0.4 is 4.89 Å². The van der Waals surface area contributed by atoms with Crippen molar-refractivity contribution in [3.63, 3.8) is 0 Å². The number of phosphoric acid groups is 1. The topological polar surface area (TPSA) is 111 Å². The number of hydrogen-bond donors (Lipinski definition) is 0. The average Bonchev–Trinajstić information content (AvgIpc) is 3.21. The molecule has 0 amide bonds. The van der Waals surface area contributed by atoms with E-state index in [1.807, 2.05) is 21.1 Å². The first-order valence-corrected chi connectivity index (χ1v) is 27.4. The molecule has 10 heteroatoms. The van der Waals surface area contributed by atoms with E-state index in [0.717, 1.165) is 32.1 Å². The smallest absolute Gasteiger partial charge is 0.306 e. The number of esters is 2. The van der Waals surface area contributed by atoms with Gasteiger partial charge in [-0.3, -0.25) is 14.2 Å². The zero-order valence-corrected chi connectivity index (χ0v) is 41.8. The third-order valence-corrected chi connectivity index (χ3v) is 12.5. The van der Waals surface area contributed by atoms with Crippen molar-refractivity contribution in [3.8, 4) is 0 Å². The fraction of sp³-hybridized carbons (Fsp3) is 0.922. The molecule has 0 spiro atoms. The molecule has 0 aromatic heterocycles. The highest BCUT2D eigenvalue weighted by atomic mass is 31.2. The summed E-state index contributed by atoms with van der Waals surface area (Å²) >= 11 is 0. The van der Waals surface area contributed by atoms with E-state index >= 15 is 0 Å². The van der Waals surface area contributed by atoms with E-state index < -0.39 is 26.5 Å². The number of quaternary nitrogens is 1. The maximum absolute atomic E-state index is 12.7. The largest absolute Gasteiger partial charge is 0.756 e. The molecule has 0 bridgehead atoms. The molecule has 0 radical (unpaired) electrons. The van der Waals surface area contributed by atoms with E-state index in [1.165, 1.54) is 186 Å². The Bertz CT molecular complexity index is 1050. The predicted molar refractivity (Wildman–Crippen MR) is 255 cm³/mol. The van der Waals surface area contributed by atoms with Crippen LogP contribution in [0.3, 0.4) is 0 Å². The molecule has 0 N–H and O–H groups in total. The zero-order chi connectivity index (χ0) is 45.0. The second-order valence-corrected chi connectivity index (χ2v) is 20.3. The van der Waals surface area contributed by atoms with Crippen LogP contribution in [0.25, 0.3) is 0 Å². The van der Waals surface area contributed by atoms with E-state index in [-0.39, 0.29) is 32.0 Å². The molecule has 9 nitrogen and oxygen atoms in total. The summed E-state index contributed by atoms with van der Waals surface area (Å²) in [6.07, 6.45) is 48.1. The predicted octanol–water partition coefficient (Wildman–Crippen LogP) is 14.7. The normalized spacial score (nSPS) is 13.5. The number of rotatable bonds is 48. The Labute approximate surface area is 377 Å². The molecule has 0 aromatic rings. The Morgan fingerprint density at radius 2 is 0.836 bits per heavy atom. The Balaban J connectivity index is 4.21. The maximum atomic E-state index is 12.7. The van der Waals surface area contributed by atoms with Crippen LogP contribution in [-0.4, -0.2) is 70.0 Å². The van der Waals surface area contributed by atoms with Gasteiger partial charge in [-0.15, -0.1) is 0 Å². The molecule has 362 valence electrons. The number of phosphoric ester groups is 1. The van der Waals surface area contributed by atoms with Crippen LogP contribution in [0.4, 0.5) is 0 Å². The summed E-state index contributed by atoms with van der Waals surface area (Å²) in [5, 5.41) is 0. The van der Waals surface area contributed by atoms with Gasteiger partial charge >= 0.3 is 11.9 Å². The first-order chi connectivity index (χ1) is 29.5. The van der Waals surface area contributed by atoms with Crippen LogP contribution in [0.2, 0.25) is 0 Å². The van der Waals surface area contributed by atoms with E-state index in [2.05, 4.69) is 26.0 Å². The first-order valence-electron chi connectivity index (χ1n) is 25.9. The van der Waals surface area contributed by atoms with Crippen molar-refractivity contribution in [2.24, 2.45) is 0 Å². The second kappa shape index (κ2) is 44.0. The molecule has 0 aliphatic heterocycles. The van der Waals surface area contributed by atoms with Gasteiger partial charge in [0.1, 0.15) is 19.8 Å². The van der Waals surface area contributed by atoms with Crippen LogP contribution in [0.1, 0.15) is 251 Å². The third kappa shape index (κ3) is 48.1. The summed E-state index contributed by atoms with van der Waals surface area (Å²) in [6, 6.07) is 0. The van der Waals surface area contributed by atoms with Crippen LogP contribution in [0, 0.1) is 0 Å². The molecule has 2 atom stereocenters. The van der Waals surface area contributed by atoms with Crippen LogP contribution >= 0.6 is 7.82 Å². The summed E-state index contributed by atoms with van der Waals surface area (Å²) in [5.41, 5.74) is 0. The molecule has 0 aliphatic rings. The molecule has 1 unspecified atom stereocenters. The van der Waals surface area contributed by atoms with Gasteiger partial charge in [0, 0.05) is 12.8 Å². The van der Waals surface area contributed by atoms with E-state index in [9.17, 15) is 19.0 Å². The van der Waals surface area contributed by atoms with Gasteiger partial charge < -0.3 is 27.9 Å². The molecule has 0 rings (SSSR count). The lowest BCUT2D eigenvalue weighted by atomic mass is 10.0. The highest BCUT2D eigenvalue weighted by Crippen LogP contribution is 2.38. The van der Waals surface area contributed by atoms with Gasteiger partial charge in [-0.1, -0.05) is 212 Å². The lowest BCUT2D eigenvalue weighted by molar-refractivity contribution is -0.870. The third-order valence-electron chi connectivity index (χ3n) is 11.5. The summed E-state index contributed by atoms with van der Waals surface area (Å²) in [5.74, 6) is -0.821. The van der Waals surface area contributed by atoms with Gasteiger partial charge in [-0.05, 0) is 38.5 Å². The maximum Gasteiger partial charge on any atom is 0.306 e. The van der Waals surface area contributed by atoms with Gasteiger partial charge in [0.2, 0.25) is 0 Å². The zero-order valence-electron chi connectivity index (χ0n) is 40.9. The summed E-state index contributed by atoms with van der Waals surface area (Å²) in [6.45, 7) is 4.27. The fourth-order valence-electron chi connectivity index (χ4n) is 7.48. The van der Waals surface area contributed by atoms with Crippen molar-refractivity contribution in [3.05, 3.63) is 12.2 Å². The lowest BCUT2D eigenvalue weighted by Gasteiger charge is -2.28. The number of ether oxygens (including phenoxy) is 2. The Kier molecular flexibility index (Phi) is 43.1. The van der Waals surface area contributed by atoms with Crippen LogP contribution in [-0.2, 0) is 32.7 Å². The molecule has 0 saturated heterocycles. The number of likely N-dealkylation sites (N-methyl/N-ethyl adjacent to an activating group) is 1. The van der Waals surface area contributed by atoms with Gasteiger partial charge in [0.05, 0.1) is 27.7 Å². The van der Waals surface area contributed by atoms with Crippen molar-refractivity contribution in [1.29, 1.82) is 0 Å². The molecule has 0 heterocycles. The van der Waals surface area contributed by atoms with Crippen molar-refractivity contribution < 1.29 is 42.1 Å². The summed E-state index contributed by atoms with van der Waals surface area (Å²) < 4.78 is 34.1. The van der Waals surface area contributed by atoms with E-state index in [4.69, 9.17) is 18.5 Å². The minimum atomic E-state index is -4.62. The molecule has 0 aromatic carbocycles. The molecule has 0 aliphatic carbocycles. The molecule has 0 saturated carbocycles. The first kappa shape index (κ1) is 59.8. The summed E-state index contributed by atoms with van der Waals surface area (Å²) in [7, 11) is 1.18. The van der Waals surface area contributed by atoms with Crippen molar-refractivity contribution in [1.82, 2.24) is 0 Å². The van der Waals surface area contributed by atoms with Crippen LogP contribution in [0.15, 0.2) is 12.2 Å². The lowest BCUT2D eigenvalue weighted by Crippen LogP contribution is -2.37. The standard InChI is InChI=1S/C51H100NO8P/c1-6-8-10-12-14-16-18-20-22-24-25-26-28-30-32-34-36-38-40-42-44-51(54)60-49(48-59-61(55,56)58-46-45-52(3,4)5)47-57-50(53)43-41-39-37-35-33-31-29-27-23-21-19-17-15-13-11-9-7-2/h17,19,49H,6-16,18,20-48H2,1-5H3/b19-17+/t49-/m1/s1. The number of carbonyl (C=O) groups excluding carboxylic acids is 2. The minimum absolute atomic E-state index is 0.0274. The molecule has 61 heavy (non-hydrogen) atoms. The monoisotopic (exact) mass is 886 g/mol. The van der Waals surface area contributed by atoms with Crippen LogP contribution in [0.5, 0.6) is 0 Å². The number of hydrogen-bond acceptors (Lipinski definition) is 8. The van der Waals surface area contributed by atoms with Crippen molar-refractivity contribution in [2.75, 3.05) is 47.5 Å². The average molecular weight is 886 g/mol. The van der Waals surface area contributed by atoms with Crippen molar-refractivity contribution in [2.45, 2.75) is 258 Å². The van der Waals surface area contributed by atoms with Gasteiger partial charge in [-0.2, -0.15) is 0 Å². The highest BCUT2D eigenvalue weighted by molar-refractivity contribution is 7.45. The number of unbranched alkanes of at least 4 members (excludes halogenated alkanes) is 32. The molecule has 0 fully saturated rings. The molecular formula is C51H100NO8P.